The summed E-state index contributed by atoms with van der Waals surface area (Å²) in [4.78, 5) is 19.9. The highest BCUT2D eigenvalue weighted by molar-refractivity contribution is 7.89. The summed E-state index contributed by atoms with van der Waals surface area (Å²) in [7, 11) is -3.47. The fraction of sp³-hybridized carbons (Fsp3) is 0.417. The van der Waals surface area contributed by atoms with E-state index in [0.29, 0.717) is 26.2 Å². The van der Waals surface area contributed by atoms with Gasteiger partial charge in [-0.3, -0.25) is 9.69 Å². The van der Waals surface area contributed by atoms with Crippen LogP contribution in [0.2, 0.25) is 0 Å². The molecule has 33 heavy (non-hydrogen) atoms. The number of amides is 1. The van der Waals surface area contributed by atoms with E-state index < -0.39 is 10.0 Å². The number of sulfonamides is 1. The molecule has 0 aliphatic carbocycles. The van der Waals surface area contributed by atoms with Crippen LogP contribution in [-0.2, 0) is 21.4 Å². The van der Waals surface area contributed by atoms with Gasteiger partial charge in [-0.1, -0.05) is 38.1 Å². The lowest BCUT2D eigenvalue weighted by Gasteiger charge is -2.22. The Bertz CT molecular complexity index is 1170. The summed E-state index contributed by atoms with van der Waals surface area (Å²) in [6, 6.07) is 15.1. The van der Waals surface area contributed by atoms with Gasteiger partial charge < -0.3 is 5.32 Å². The number of nitrogens with one attached hydrogen (secondary N) is 1. The van der Waals surface area contributed by atoms with Crippen molar-refractivity contribution >= 4 is 37.5 Å². The topological polar surface area (TPSA) is 82.6 Å². The fourth-order valence-electron chi connectivity index (χ4n) is 4.26. The highest BCUT2D eigenvalue weighted by Crippen LogP contribution is 2.36. The van der Waals surface area contributed by atoms with Crippen molar-refractivity contribution in [1.29, 1.82) is 0 Å². The standard InChI is InChI=1S/C24H30N4O3S2/c1-3-28(4-2)33(30,31)19-13-11-18(12-14-19)16-25-23(29)17-27-15-7-9-21(27)24-26-20-8-5-6-10-22(20)32-24/h5-6,8,10-14,21H,3-4,7,9,15-17H2,1-2H3,(H,25,29)/t21-/m1/s1. The van der Waals surface area contributed by atoms with E-state index in [1.54, 1.807) is 35.6 Å². The average Bonchev–Trinajstić information content (AvgIpc) is 3.45. The summed E-state index contributed by atoms with van der Waals surface area (Å²) in [5, 5.41) is 4.05. The second-order valence-electron chi connectivity index (χ2n) is 8.16. The maximum Gasteiger partial charge on any atom is 0.243 e. The predicted molar refractivity (Wildman–Crippen MR) is 132 cm³/mol. The van der Waals surface area contributed by atoms with Gasteiger partial charge in [0.15, 0.2) is 0 Å². The molecule has 0 radical (unpaired) electrons. The molecule has 1 aliphatic rings. The number of benzene rings is 2. The molecule has 2 aromatic carbocycles. The van der Waals surface area contributed by atoms with Crippen LogP contribution in [0.25, 0.3) is 10.2 Å². The number of nitrogens with zero attached hydrogens (tertiary/aromatic N) is 3. The minimum Gasteiger partial charge on any atom is -0.351 e. The monoisotopic (exact) mass is 486 g/mol. The number of fused-ring (bicyclic) bond motifs is 1. The van der Waals surface area contributed by atoms with Gasteiger partial charge in [0.05, 0.1) is 27.7 Å². The molecule has 0 saturated carbocycles. The van der Waals surface area contributed by atoms with Crippen molar-refractivity contribution < 1.29 is 13.2 Å². The second-order valence-corrected chi connectivity index (χ2v) is 11.2. The number of aromatic nitrogens is 1. The van der Waals surface area contributed by atoms with Gasteiger partial charge in [-0.25, -0.2) is 13.4 Å². The largest absolute Gasteiger partial charge is 0.351 e. The van der Waals surface area contributed by atoms with E-state index in [-0.39, 0.29) is 16.8 Å². The van der Waals surface area contributed by atoms with Gasteiger partial charge in [-0.05, 0) is 49.2 Å². The van der Waals surface area contributed by atoms with Crippen molar-refractivity contribution in [3.63, 3.8) is 0 Å². The lowest BCUT2D eigenvalue weighted by atomic mass is 10.2. The van der Waals surface area contributed by atoms with Crippen LogP contribution in [0.1, 0.15) is 43.3 Å². The first-order chi connectivity index (χ1) is 15.9. The Balaban J connectivity index is 1.34. The van der Waals surface area contributed by atoms with E-state index in [0.717, 1.165) is 35.5 Å². The molecule has 1 fully saturated rings. The van der Waals surface area contributed by atoms with E-state index in [2.05, 4.69) is 16.3 Å². The summed E-state index contributed by atoms with van der Waals surface area (Å²) in [5.74, 6) is -0.0390. The van der Waals surface area contributed by atoms with Gasteiger partial charge in [0, 0.05) is 19.6 Å². The molecule has 3 aromatic rings. The van der Waals surface area contributed by atoms with Gasteiger partial charge in [-0.2, -0.15) is 4.31 Å². The van der Waals surface area contributed by atoms with Gasteiger partial charge in [0.1, 0.15) is 5.01 Å². The zero-order chi connectivity index (χ0) is 23.4. The Kier molecular flexibility index (Phi) is 7.43. The van der Waals surface area contributed by atoms with Crippen LogP contribution in [-0.4, -0.2) is 54.7 Å². The van der Waals surface area contributed by atoms with Crippen LogP contribution < -0.4 is 5.32 Å². The molecular weight excluding hydrogens is 456 g/mol. The van der Waals surface area contributed by atoms with Gasteiger partial charge in [0.25, 0.3) is 0 Å². The molecule has 4 rings (SSSR count). The minimum atomic E-state index is -3.47. The Morgan fingerprint density at radius 2 is 1.88 bits per heavy atom. The summed E-state index contributed by atoms with van der Waals surface area (Å²) in [6.45, 7) is 6.10. The molecule has 0 spiro atoms. The first-order valence-corrected chi connectivity index (χ1v) is 13.6. The van der Waals surface area contributed by atoms with Crippen LogP contribution in [0.4, 0.5) is 0 Å². The molecule has 1 saturated heterocycles. The van der Waals surface area contributed by atoms with Crippen molar-refractivity contribution in [2.75, 3.05) is 26.2 Å². The number of carbonyl (C=O) groups excluding carboxylic acids is 1. The van der Waals surface area contributed by atoms with Gasteiger partial charge >= 0.3 is 0 Å². The highest BCUT2D eigenvalue weighted by atomic mass is 32.2. The van der Waals surface area contributed by atoms with Crippen LogP contribution in [0.5, 0.6) is 0 Å². The van der Waals surface area contributed by atoms with Gasteiger partial charge in [-0.15, -0.1) is 11.3 Å². The first-order valence-electron chi connectivity index (χ1n) is 11.4. The Hall–Kier alpha value is -2.33. The summed E-state index contributed by atoms with van der Waals surface area (Å²) in [6.07, 6.45) is 2.06. The normalized spacial score (nSPS) is 17.1. The second kappa shape index (κ2) is 10.3. The lowest BCUT2D eigenvalue weighted by molar-refractivity contribution is -0.122. The number of hydrogen-bond acceptors (Lipinski definition) is 6. The third-order valence-electron chi connectivity index (χ3n) is 6.06. The van der Waals surface area contributed by atoms with Crippen molar-refractivity contribution in [2.45, 2.75) is 44.2 Å². The van der Waals surface area contributed by atoms with E-state index in [9.17, 15) is 13.2 Å². The Morgan fingerprint density at radius 3 is 2.58 bits per heavy atom. The van der Waals surface area contributed by atoms with E-state index in [1.807, 2.05) is 32.0 Å². The quantitative estimate of drug-likeness (QED) is 0.498. The number of carbonyl (C=O) groups is 1. The van der Waals surface area contributed by atoms with E-state index in [4.69, 9.17) is 4.98 Å². The summed E-state index contributed by atoms with van der Waals surface area (Å²) in [5.41, 5.74) is 1.88. The van der Waals surface area contributed by atoms with Crippen molar-refractivity contribution in [1.82, 2.24) is 19.5 Å². The van der Waals surface area contributed by atoms with Crippen LogP contribution in [0.15, 0.2) is 53.4 Å². The molecule has 176 valence electrons. The number of likely N-dealkylation sites (tertiary alicyclic amines) is 1. The molecule has 7 nitrogen and oxygen atoms in total. The smallest absolute Gasteiger partial charge is 0.243 e. The molecule has 1 aliphatic heterocycles. The lowest BCUT2D eigenvalue weighted by Crippen LogP contribution is -2.36. The van der Waals surface area contributed by atoms with Crippen molar-refractivity contribution in [3.8, 4) is 0 Å². The molecule has 9 heteroatoms. The van der Waals surface area contributed by atoms with Crippen LogP contribution >= 0.6 is 11.3 Å². The molecule has 1 aromatic heterocycles. The highest BCUT2D eigenvalue weighted by Gasteiger charge is 2.30. The SMILES string of the molecule is CCN(CC)S(=O)(=O)c1ccc(CNC(=O)CN2CCC[C@@H]2c2nc3ccccc3s2)cc1. The molecule has 1 atom stereocenters. The molecular formula is C24H30N4O3S2. The van der Waals surface area contributed by atoms with Crippen LogP contribution in [0.3, 0.4) is 0 Å². The fourth-order valence-corrected chi connectivity index (χ4v) is 6.86. The van der Waals surface area contributed by atoms with Crippen molar-refractivity contribution in [3.05, 3.63) is 59.1 Å². The summed E-state index contributed by atoms with van der Waals surface area (Å²) >= 11 is 1.71. The van der Waals surface area contributed by atoms with Crippen LogP contribution in [0, 0.1) is 0 Å². The number of hydrogen-bond donors (Lipinski definition) is 1. The number of thiazole rings is 1. The predicted octanol–water partition coefficient (Wildman–Crippen LogP) is 3.78. The molecule has 1 N–H and O–H groups in total. The Labute approximate surface area is 199 Å². The summed E-state index contributed by atoms with van der Waals surface area (Å²) < 4.78 is 27.8. The number of rotatable bonds is 9. The van der Waals surface area contributed by atoms with Crippen molar-refractivity contribution in [2.24, 2.45) is 0 Å². The first kappa shape index (κ1) is 23.8. The zero-order valence-electron chi connectivity index (χ0n) is 19.0. The minimum absolute atomic E-state index is 0.0390. The molecule has 0 unspecified atom stereocenters. The maximum absolute atomic E-state index is 12.6. The third-order valence-corrected chi connectivity index (χ3v) is 9.26. The van der Waals surface area contributed by atoms with E-state index in [1.165, 1.54) is 9.01 Å². The maximum atomic E-state index is 12.6. The molecule has 1 amide bonds. The number of para-hydroxylation sites is 1. The third kappa shape index (κ3) is 5.27. The Morgan fingerprint density at radius 1 is 1.15 bits per heavy atom. The van der Waals surface area contributed by atoms with Gasteiger partial charge in [0.2, 0.25) is 15.9 Å². The zero-order valence-corrected chi connectivity index (χ0v) is 20.7. The molecule has 2 heterocycles. The molecule has 0 bridgehead atoms. The average molecular weight is 487 g/mol. The van der Waals surface area contributed by atoms with E-state index >= 15 is 0 Å².